The number of rotatable bonds is 5. The van der Waals surface area contributed by atoms with E-state index in [4.69, 9.17) is 9.47 Å². The summed E-state index contributed by atoms with van der Waals surface area (Å²) < 4.78 is 11.7. The second-order valence-electron chi connectivity index (χ2n) is 6.19. The van der Waals surface area contributed by atoms with Gasteiger partial charge in [-0.2, -0.15) is 4.98 Å². The van der Waals surface area contributed by atoms with Crippen LogP contribution in [0.2, 0.25) is 0 Å². The first-order valence-corrected chi connectivity index (χ1v) is 9.25. The van der Waals surface area contributed by atoms with E-state index in [0.29, 0.717) is 17.4 Å². The van der Waals surface area contributed by atoms with Crippen molar-refractivity contribution in [2.24, 2.45) is 0 Å². The van der Waals surface area contributed by atoms with E-state index in [1.807, 2.05) is 31.2 Å². The fraction of sp³-hybridized carbons (Fsp3) is 0.300. The lowest BCUT2D eigenvalue weighted by Gasteiger charge is -2.12. The molecule has 0 aliphatic heterocycles. The number of hydrogen-bond donors (Lipinski definition) is 0. The number of ether oxygens (including phenoxy) is 2. The number of nitrogens with zero attached hydrogens (tertiary/aromatic N) is 2. The normalized spacial score (nSPS) is 13.0. The molecule has 2 heterocycles. The van der Waals surface area contributed by atoms with Crippen molar-refractivity contribution in [1.82, 2.24) is 9.97 Å². The van der Waals surface area contributed by atoms with Gasteiger partial charge in [-0.15, -0.1) is 17.9 Å². The van der Waals surface area contributed by atoms with Gasteiger partial charge in [0.25, 0.3) is 0 Å². The summed E-state index contributed by atoms with van der Waals surface area (Å²) in [5, 5.41) is 1.07. The Morgan fingerprint density at radius 3 is 2.92 bits per heavy atom. The minimum atomic E-state index is 0.636. The Morgan fingerprint density at radius 2 is 2.12 bits per heavy atom. The third-order valence-corrected chi connectivity index (χ3v) is 5.64. The number of aromatic nitrogens is 2. The van der Waals surface area contributed by atoms with Crippen LogP contribution in [0.15, 0.2) is 30.9 Å². The number of benzene rings is 1. The number of thiophene rings is 1. The van der Waals surface area contributed by atoms with E-state index in [1.165, 1.54) is 16.9 Å². The molecule has 1 aliphatic rings. The zero-order valence-electron chi connectivity index (χ0n) is 14.5. The molecule has 0 atom stereocenters. The number of methoxy groups -OCH3 is 1. The summed E-state index contributed by atoms with van der Waals surface area (Å²) in [6.45, 7) is 5.69. The monoisotopic (exact) mass is 352 g/mol. The van der Waals surface area contributed by atoms with Gasteiger partial charge in [0.1, 0.15) is 10.7 Å². The van der Waals surface area contributed by atoms with Gasteiger partial charge in [-0.3, -0.25) is 0 Å². The zero-order valence-corrected chi connectivity index (χ0v) is 15.3. The molecule has 0 fully saturated rings. The van der Waals surface area contributed by atoms with Crippen molar-refractivity contribution in [3.8, 4) is 17.4 Å². The van der Waals surface area contributed by atoms with E-state index in [2.05, 4.69) is 16.5 Å². The third kappa shape index (κ3) is 2.89. The highest BCUT2D eigenvalue weighted by Gasteiger charge is 2.23. The Balaban J connectivity index is 1.79. The minimum Gasteiger partial charge on any atom is -0.493 e. The van der Waals surface area contributed by atoms with Gasteiger partial charge in [-0.05, 0) is 55.9 Å². The van der Waals surface area contributed by atoms with Crippen molar-refractivity contribution in [3.63, 3.8) is 0 Å². The minimum absolute atomic E-state index is 0.636. The molecule has 4 nitrogen and oxygen atoms in total. The van der Waals surface area contributed by atoms with Gasteiger partial charge in [0.15, 0.2) is 11.5 Å². The first-order chi connectivity index (χ1) is 12.2. The lowest BCUT2D eigenvalue weighted by Crippen LogP contribution is -1.97. The van der Waals surface area contributed by atoms with Gasteiger partial charge in [-0.25, -0.2) is 4.98 Å². The van der Waals surface area contributed by atoms with Crippen LogP contribution in [0.25, 0.3) is 10.2 Å². The molecule has 3 aromatic rings. The standard InChI is InChI=1S/C20H20N2O2S/c1-4-6-13-9-10-15(16(11-13)23-3)24-19-18-14-7-5-8-17(14)25-20(18)22-12(2)21-19/h4,9-11H,1,5-8H2,2-3H3. The lowest BCUT2D eigenvalue weighted by atomic mass is 10.1. The second kappa shape index (κ2) is 6.48. The Labute approximate surface area is 151 Å². The molecular formula is C20H20N2O2S. The predicted molar refractivity (Wildman–Crippen MR) is 101 cm³/mol. The molecule has 0 unspecified atom stereocenters. The topological polar surface area (TPSA) is 44.2 Å². The highest BCUT2D eigenvalue weighted by molar-refractivity contribution is 7.19. The maximum absolute atomic E-state index is 6.22. The summed E-state index contributed by atoms with van der Waals surface area (Å²) in [5.41, 5.74) is 2.50. The van der Waals surface area contributed by atoms with Crippen molar-refractivity contribution in [2.75, 3.05) is 7.11 Å². The van der Waals surface area contributed by atoms with E-state index in [1.54, 1.807) is 18.4 Å². The SMILES string of the molecule is C=CCc1ccc(Oc2nc(C)nc3sc4c(c23)CCC4)c(OC)c1. The Morgan fingerprint density at radius 1 is 1.24 bits per heavy atom. The lowest BCUT2D eigenvalue weighted by molar-refractivity contribution is 0.375. The van der Waals surface area contributed by atoms with Gasteiger partial charge in [0, 0.05) is 4.88 Å². The molecule has 4 rings (SSSR count). The molecule has 1 aliphatic carbocycles. The van der Waals surface area contributed by atoms with E-state index in [-0.39, 0.29) is 0 Å². The molecule has 0 saturated carbocycles. The van der Waals surface area contributed by atoms with E-state index < -0.39 is 0 Å². The number of allylic oxidation sites excluding steroid dienone is 1. The molecule has 5 heteroatoms. The van der Waals surface area contributed by atoms with Crippen molar-refractivity contribution in [2.45, 2.75) is 32.6 Å². The van der Waals surface area contributed by atoms with Gasteiger partial charge in [0.05, 0.1) is 12.5 Å². The van der Waals surface area contributed by atoms with Crippen molar-refractivity contribution < 1.29 is 9.47 Å². The van der Waals surface area contributed by atoms with Crippen LogP contribution >= 0.6 is 11.3 Å². The van der Waals surface area contributed by atoms with Crippen LogP contribution in [0.1, 0.15) is 28.2 Å². The summed E-state index contributed by atoms with van der Waals surface area (Å²) in [6.07, 6.45) is 6.08. The highest BCUT2D eigenvalue weighted by atomic mass is 32.1. The van der Waals surface area contributed by atoms with Crippen LogP contribution in [0, 0.1) is 6.92 Å². The number of aryl methyl sites for hydroxylation is 3. The summed E-state index contributed by atoms with van der Waals surface area (Å²) in [4.78, 5) is 11.6. The molecular weight excluding hydrogens is 332 g/mol. The summed E-state index contributed by atoms with van der Waals surface area (Å²) in [6, 6.07) is 5.96. The largest absolute Gasteiger partial charge is 0.493 e. The molecule has 0 spiro atoms. The smallest absolute Gasteiger partial charge is 0.231 e. The molecule has 0 bridgehead atoms. The fourth-order valence-corrected chi connectivity index (χ4v) is 4.63. The maximum atomic E-state index is 6.22. The first-order valence-electron chi connectivity index (χ1n) is 8.44. The number of fused-ring (bicyclic) bond motifs is 3. The fourth-order valence-electron chi connectivity index (χ4n) is 3.33. The van der Waals surface area contributed by atoms with Crippen LogP contribution < -0.4 is 9.47 Å². The van der Waals surface area contributed by atoms with Crippen LogP contribution in [-0.4, -0.2) is 17.1 Å². The predicted octanol–water partition coefficient (Wildman–Crippen LogP) is 5.02. The Bertz CT molecular complexity index is 962. The third-order valence-electron chi connectivity index (χ3n) is 4.46. The summed E-state index contributed by atoms with van der Waals surface area (Å²) in [5.74, 6) is 2.74. The first kappa shape index (κ1) is 16.1. The molecule has 25 heavy (non-hydrogen) atoms. The summed E-state index contributed by atoms with van der Waals surface area (Å²) in [7, 11) is 1.66. The molecule has 0 amide bonds. The second-order valence-corrected chi connectivity index (χ2v) is 7.28. The van der Waals surface area contributed by atoms with E-state index >= 15 is 0 Å². The molecule has 0 radical (unpaired) electrons. The molecule has 0 saturated heterocycles. The number of hydrogen-bond acceptors (Lipinski definition) is 5. The zero-order chi connectivity index (χ0) is 17.4. The van der Waals surface area contributed by atoms with Crippen LogP contribution in [-0.2, 0) is 19.3 Å². The van der Waals surface area contributed by atoms with Gasteiger partial charge in [-0.1, -0.05) is 12.1 Å². The van der Waals surface area contributed by atoms with Crippen molar-refractivity contribution in [1.29, 1.82) is 0 Å². The van der Waals surface area contributed by atoms with Crippen molar-refractivity contribution in [3.05, 3.63) is 52.7 Å². The molecule has 128 valence electrons. The van der Waals surface area contributed by atoms with Gasteiger partial charge >= 0.3 is 0 Å². The molecule has 1 aromatic carbocycles. The summed E-state index contributed by atoms with van der Waals surface area (Å²) >= 11 is 1.77. The average molecular weight is 352 g/mol. The quantitative estimate of drug-likeness (QED) is 0.605. The molecule has 2 aromatic heterocycles. The Kier molecular flexibility index (Phi) is 4.17. The van der Waals surface area contributed by atoms with Crippen LogP contribution in [0.3, 0.4) is 0 Å². The maximum Gasteiger partial charge on any atom is 0.231 e. The average Bonchev–Trinajstić information content (AvgIpc) is 3.16. The van der Waals surface area contributed by atoms with E-state index in [9.17, 15) is 0 Å². The van der Waals surface area contributed by atoms with Crippen LogP contribution in [0.5, 0.6) is 17.4 Å². The molecule has 0 N–H and O–H groups in total. The van der Waals surface area contributed by atoms with E-state index in [0.717, 1.165) is 40.9 Å². The van der Waals surface area contributed by atoms with Crippen LogP contribution in [0.4, 0.5) is 0 Å². The Hall–Kier alpha value is -2.40. The van der Waals surface area contributed by atoms with Crippen molar-refractivity contribution >= 4 is 21.6 Å². The highest BCUT2D eigenvalue weighted by Crippen LogP contribution is 2.42. The van der Waals surface area contributed by atoms with Gasteiger partial charge < -0.3 is 9.47 Å². The van der Waals surface area contributed by atoms with Gasteiger partial charge in [0.2, 0.25) is 5.88 Å².